The quantitative estimate of drug-likeness (QED) is 0.465. The number of hydrogen-bond acceptors (Lipinski definition) is 7. The van der Waals surface area contributed by atoms with Gasteiger partial charge in [-0.1, -0.05) is 0 Å². The molecule has 3 aromatic rings. The van der Waals surface area contributed by atoms with Crippen molar-refractivity contribution in [2.75, 3.05) is 31.3 Å². The summed E-state index contributed by atoms with van der Waals surface area (Å²) in [6.45, 7) is 6.71. The Morgan fingerprint density at radius 3 is 2.52 bits per heavy atom. The number of carbonyl (C=O) groups is 1. The topological polar surface area (TPSA) is 118 Å². The average Bonchev–Trinajstić information content (AvgIpc) is 3.42. The monoisotopic (exact) mass is 568 g/mol. The second kappa shape index (κ2) is 9.54. The molecule has 0 aromatic carbocycles. The molecule has 11 nitrogen and oxygen atoms in total. The number of hydrogen-bond donors (Lipinski definition) is 1. The highest BCUT2D eigenvalue weighted by atomic mass is 32.2. The van der Waals surface area contributed by atoms with E-state index in [1.807, 2.05) is 24.9 Å². The molecule has 4 aliphatic rings. The molecule has 2 bridgehead atoms. The van der Waals surface area contributed by atoms with Gasteiger partial charge in [-0.05, 0) is 63.9 Å². The van der Waals surface area contributed by atoms with Gasteiger partial charge in [-0.15, -0.1) is 0 Å². The van der Waals surface area contributed by atoms with Gasteiger partial charge >= 0.3 is 0 Å². The van der Waals surface area contributed by atoms with E-state index < -0.39 is 10.0 Å². The van der Waals surface area contributed by atoms with E-state index in [1.54, 1.807) is 0 Å². The molecule has 3 saturated carbocycles. The predicted molar refractivity (Wildman–Crippen MR) is 153 cm³/mol. The van der Waals surface area contributed by atoms with Crippen LogP contribution < -0.4 is 10.2 Å². The molecule has 40 heavy (non-hydrogen) atoms. The Balaban J connectivity index is 1.14. The number of carbonyl (C=O) groups excluding carboxylic acids is 1. The van der Waals surface area contributed by atoms with Crippen LogP contribution >= 0.6 is 0 Å². The molecule has 1 amide bonds. The molecular weight excluding hydrogens is 528 g/mol. The minimum absolute atomic E-state index is 0.132. The van der Waals surface area contributed by atoms with E-state index >= 15 is 0 Å². The predicted octanol–water partition coefficient (Wildman–Crippen LogP) is 2.44. The number of anilines is 1. The van der Waals surface area contributed by atoms with E-state index in [2.05, 4.69) is 33.0 Å². The molecule has 216 valence electrons. The van der Waals surface area contributed by atoms with Crippen molar-refractivity contribution in [3.05, 3.63) is 34.9 Å². The Morgan fingerprint density at radius 2 is 1.85 bits per heavy atom. The van der Waals surface area contributed by atoms with Gasteiger partial charge in [-0.3, -0.25) is 14.2 Å². The summed E-state index contributed by atoms with van der Waals surface area (Å²) >= 11 is 0. The number of nitrogens with zero attached hydrogens (tertiary/aromatic N) is 7. The molecule has 0 spiro atoms. The first-order valence-electron chi connectivity index (χ1n) is 14.2. The zero-order chi connectivity index (χ0) is 28.4. The van der Waals surface area contributed by atoms with Gasteiger partial charge in [0.2, 0.25) is 15.9 Å². The summed E-state index contributed by atoms with van der Waals surface area (Å²) in [5, 5.41) is 13.8. The van der Waals surface area contributed by atoms with E-state index in [0.717, 1.165) is 97.6 Å². The van der Waals surface area contributed by atoms with Crippen molar-refractivity contribution in [2.24, 2.45) is 12.5 Å². The Kier molecular flexibility index (Phi) is 6.49. The maximum absolute atomic E-state index is 12.7. The molecule has 0 atom stereocenters. The second-order valence-electron chi connectivity index (χ2n) is 12.5. The molecule has 12 heteroatoms. The molecule has 0 saturated heterocycles. The largest absolute Gasteiger partial charge is 0.366 e. The maximum atomic E-state index is 12.7. The van der Waals surface area contributed by atoms with Crippen LogP contribution in [0, 0.1) is 19.3 Å². The lowest BCUT2D eigenvalue weighted by atomic mass is 9.57. The normalized spacial score (nSPS) is 24.6. The number of pyridine rings is 1. The maximum Gasteiger partial charge on any atom is 0.235 e. The SMILES string of the molecule is Cc1cc(N2CCc3c(c(C)nn3CC34CCC(NC(=O)CN(C)S(C)(=O)=O)(CC3)CC4)C2)c2cnn(C)c2n1. The molecule has 7 rings (SSSR count). The second-order valence-corrected chi connectivity index (χ2v) is 14.6. The lowest BCUT2D eigenvalue weighted by Gasteiger charge is -2.53. The molecule has 3 aromatic heterocycles. The summed E-state index contributed by atoms with van der Waals surface area (Å²) in [5.74, 6) is -0.211. The van der Waals surface area contributed by atoms with E-state index in [9.17, 15) is 13.2 Å². The van der Waals surface area contributed by atoms with Crippen molar-refractivity contribution >= 4 is 32.7 Å². The van der Waals surface area contributed by atoms with Crippen LogP contribution in [0.1, 0.15) is 61.2 Å². The molecule has 3 fully saturated rings. The Morgan fingerprint density at radius 1 is 1.15 bits per heavy atom. The zero-order valence-corrected chi connectivity index (χ0v) is 25.0. The van der Waals surface area contributed by atoms with Gasteiger partial charge in [0.05, 0.1) is 35.8 Å². The lowest BCUT2D eigenvalue weighted by molar-refractivity contribution is -0.125. The first-order chi connectivity index (χ1) is 18.9. The van der Waals surface area contributed by atoms with Crippen molar-refractivity contribution < 1.29 is 13.2 Å². The fraction of sp³-hybridized carbons (Fsp3) is 0.643. The van der Waals surface area contributed by atoms with Crippen LogP contribution in [0.3, 0.4) is 0 Å². The fourth-order valence-electron chi connectivity index (χ4n) is 7.14. The van der Waals surface area contributed by atoms with Crippen molar-refractivity contribution in [1.29, 1.82) is 0 Å². The van der Waals surface area contributed by atoms with Gasteiger partial charge in [-0.2, -0.15) is 14.5 Å². The Labute approximate surface area is 236 Å². The third-order valence-electron chi connectivity index (χ3n) is 9.71. The number of likely N-dealkylation sites (N-methyl/N-ethyl adjacent to an activating group) is 1. The molecule has 4 heterocycles. The van der Waals surface area contributed by atoms with E-state index in [4.69, 9.17) is 10.1 Å². The van der Waals surface area contributed by atoms with Gasteiger partial charge in [0.15, 0.2) is 5.65 Å². The van der Waals surface area contributed by atoms with Gasteiger partial charge in [0.25, 0.3) is 0 Å². The highest BCUT2D eigenvalue weighted by molar-refractivity contribution is 7.88. The number of rotatable bonds is 7. The summed E-state index contributed by atoms with van der Waals surface area (Å²) in [7, 11) is 0.00197. The van der Waals surface area contributed by atoms with E-state index in [0.29, 0.717) is 0 Å². The van der Waals surface area contributed by atoms with Crippen molar-refractivity contribution in [3.8, 4) is 0 Å². The first kappa shape index (κ1) is 27.2. The number of amides is 1. The minimum atomic E-state index is -3.38. The number of aromatic nitrogens is 5. The van der Waals surface area contributed by atoms with Crippen molar-refractivity contribution in [1.82, 2.24) is 34.2 Å². The van der Waals surface area contributed by atoms with Crippen LogP contribution in [0.5, 0.6) is 0 Å². The molecule has 3 aliphatic carbocycles. The average molecular weight is 569 g/mol. The van der Waals surface area contributed by atoms with E-state index in [-0.39, 0.29) is 23.4 Å². The van der Waals surface area contributed by atoms with Gasteiger partial charge in [0, 0.05) is 62.6 Å². The van der Waals surface area contributed by atoms with Gasteiger partial charge < -0.3 is 10.2 Å². The summed E-state index contributed by atoms with van der Waals surface area (Å²) < 4.78 is 28.7. The molecular formula is C28H40N8O3S. The molecule has 1 aliphatic heterocycles. The van der Waals surface area contributed by atoms with Crippen LogP contribution in [0.4, 0.5) is 5.69 Å². The Hall–Kier alpha value is -2.99. The van der Waals surface area contributed by atoms with Crippen LogP contribution in [0.25, 0.3) is 11.0 Å². The van der Waals surface area contributed by atoms with Crippen molar-refractivity contribution in [2.45, 2.75) is 77.4 Å². The molecule has 1 N–H and O–H groups in total. The zero-order valence-electron chi connectivity index (χ0n) is 24.2. The minimum Gasteiger partial charge on any atom is -0.366 e. The third kappa shape index (κ3) is 4.78. The smallest absolute Gasteiger partial charge is 0.235 e. The van der Waals surface area contributed by atoms with E-state index in [1.165, 1.54) is 24.0 Å². The first-order valence-corrected chi connectivity index (χ1v) is 16.0. The standard InChI is InChI=1S/C28H40N8O3S/c1-19-14-24(21-15-29-34(4)26(21)30-19)35-13-6-23-22(16-35)20(2)32-36(23)18-27-7-10-28(11-8-27,12-9-27)31-25(37)17-33(3)40(5,38)39/h14-15H,6-13,16-18H2,1-5H3,(H,31,37). The number of aryl methyl sites for hydroxylation is 3. The number of sulfonamides is 1. The fourth-order valence-corrected chi connectivity index (χ4v) is 7.49. The van der Waals surface area contributed by atoms with Crippen LogP contribution in [-0.2, 0) is 41.4 Å². The van der Waals surface area contributed by atoms with Gasteiger partial charge in [0.1, 0.15) is 0 Å². The summed E-state index contributed by atoms with van der Waals surface area (Å²) in [5.41, 5.74) is 6.87. The highest BCUT2D eigenvalue weighted by Gasteiger charge is 2.49. The highest BCUT2D eigenvalue weighted by Crippen LogP contribution is 2.53. The molecule has 0 unspecified atom stereocenters. The van der Waals surface area contributed by atoms with Gasteiger partial charge in [-0.25, -0.2) is 13.4 Å². The van der Waals surface area contributed by atoms with Crippen LogP contribution in [0.2, 0.25) is 0 Å². The summed E-state index contributed by atoms with van der Waals surface area (Å²) in [6.07, 6.45) is 9.92. The molecule has 0 radical (unpaired) electrons. The number of fused-ring (bicyclic) bond motifs is 5. The van der Waals surface area contributed by atoms with Crippen LogP contribution in [-0.4, -0.2) is 75.1 Å². The third-order valence-corrected chi connectivity index (χ3v) is 11.0. The lowest BCUT2D eigenvalue weighted by Crippen LogP contribution is -2.58. The van der Waals surface area contributed by atoms with Crippen LogP contribution in [0.15, 0.2) is 12.3 Å². The number of nitrogens with one attached hydrogen (secondary N) is 1. The summed E-state index contributed by atoms with van der Waals surface area (Å²) in [6, 6.07) is 2.17. The summed E-state index contributed by atoms with van der Waals surface area (Å²) in [4.78, 5) is 19.8. The Bertz CT molecular complexity index is 1570. The van der Waals surface area contributed by atoms with Crippen molar-refractivity contribution in [3.63, 3.8) is 0 Å².